The van der Waals surface area contributed by atoms with Gasteiger partial charge >= 0.3 is 5.97 Å². The highest BCUT2D eigenvalue weighted by atomic mass is 32.1. The van der Waals surface area contributed by atoms with Crippen LogP contribution in [0.2, 0.25) is 0 Å². The number of hydrogen-bond donors (Lipinski definition) is 1. The highest BCUT2D eigenvalue weighted by Crippen LogP contribution is 2.23. The Kier molecular flexibility index (Phi) is 5.08. The van der Waals surface area contributed by atoms with E-state index in [1.807, 2.05) is 29.6 Å². The zero-order valence-electron chi connectivity index (χ0n) is 12.8. The van der Waals surface area contributed by atoms with Crippen molar-refractivity contribution in [3.05, 3.63) is 57.3 Å². The van der Waals surface area contributed by atoms with Crippen LogP contribution in [0.1, 0.15) is 32.8 Å². The number of benzene rings is 1. The molecule has 5 heteroatoms. The van der Waals surface area contributed by atoms with Crippen LogP contribution in [0.5, 0.6) is 0 Å². The molecule has 1 aromatic heterocycles. The molecular weight excluding hydrogens is 310 g/mol. The zero-order chi connectivity index (χ0) is 16.1. The van der Waals surface area contributed by atoms with Crippen molar-refractivity contribution in [3.8, 4) is 0 Å². The van der Waals surface area contributed by atoms with Gasteiger partial charge in [0, 0.05) is 11.4 Å². The summed E-state index contributed by atoms with van der Waals surface area (Å²) in [7, 11) is 0. The van der Waals surface area contributed by atoms with Gasteiger partial charge in [0.1, 0.15) is 0 Å². The van der Waals surface area contributed by atoms with E-state index in [1.165, 1.54) is 16.0 Å². The minimum Gasteiger partial charge on any atom is -0.452 e. The maximum atomic E-state index is 12.0. The van der Waals surface area contributed by atoms with Crippen LogP contribution in [0, 0.1) is 0 Å². The number of amides is 1. The number of fused-ring (bicyclic) bond motifs is 1. The first-order valence-corrected chi connectivity index (χ1v) is 8.68. The van der Waals surface area contributed by atoms with Crippen molar-refractivity contribution in [2.24, 2.45) is 0 Å². The molecule has 3 rings (SSSR count). The molecule has 0 radical (unpaired) electrons. The van der Waals surface area contributed by atoms with E-state index in [1.54, 1.807) is 17.4 Å². The van der Waals surface area contributed by atoms with Gasteiger partial charge in [0.25, 0.3) is 5.91 Å². The molecule has 0 unspecified atom stereocenters. The fraction of sp³-hybridized carbons (Fsp3) is 0.333. The fourth-order valence-electron chi connectivity index (χ4n) is 2.74. The lowest BCUT2D eigenvalue weighted by Gasteiger charge is -2.07. The standard InChI is InChI=1S/C18H19NO3S/c20-17(19-9-8-16-5-2-10-23-16)12-22-18(21)15-7-6-13-3-1-4-14(13)11-15/h2,5-7,10-11H,1,3-4,8-9,12H2,(H,19,20). The second kappa shape index (κ2) is 7.42. The van der Waals surface area contributed by atoms with Gasteiger partial charge in [-0.15, -0.1) is 11.3 Å². The molecule has 0 aliphatic heterocycles. The van der Waals surface area contributed by atoms with Crippen LogP contribution in [0.15, 0.2) is 35.7 Å². The van der Waals surface area contributed by atoms with Crippen molar-refractivity contribution < 1.29 is 14.3 Å². The molecule has 1 N–H and O–H groups in total. The van der Waals surface area contributed by atoms with Crippen molar-refractivity contribution in [3.63, 3.8) is 0 Å². The first-order valence-electron chi connectivity index (χ1n) is 7.80. The normalized spacial score (nSPS) is 12.7. The molecule has 0 fully saturated rings. The molecule has 1 heterocycles. The molecule has 0 saturated heterocycles. The summed E-state index contributed by atoms with van der Waals surface area (Å²) in [6.45, 7) is 0.316. The van der Waals surface area contributed by atoms with Crippen molar-refractivity contribution >= 4 is 23.2 Å². The van der Waals surface area contributed by atoms with Gasteiger partial charge < -0.3 is 10.1 Å². The van der Waals surface area contributed by atoms with Crippen molar-refractivity contribution in [2.45, 2.75) is 25.7 Å². The number of aryl methyl sites for hydroxylation is 2. The van der Waals surface area contributed by atoms with Gasteiger partial charge in [0.15, 0.2) is 6.61 Å². The molecule has 4 nitrogen and oxygen atoms in total. The lowest BCUT2D eigenvalue weighted by atomic mass is 10.1. The first kappa shape index (κ1) is 15.7. The number of thiophene rings is 1. The van der Waals surface area contributed by atoms with Gasteiger partial charge in [0.2, 0.25) is 0 Å². The Bertz CT molecular complexity index is 694. The monoisotopic (exact) mass is 329 g/mol. The average Bonchev–Trinajstić information content (AvgIpc) is 3.23. The lowest BCUT2D eigenvalue weighted by molar-refractivity contribution is -0.124. The SMILES string of the molecule is O=C(COC(=O)c1ccc2c(c1)CCC2)NCCc1cccs1. The zero-order valence-corrected chi connectivity index (χ0v) is 13.7. The van der Waals surface area contributed by atoms with Gasteiger partial charge in [0.05, 0.1) is 5.56 Å². The van der Waals surface area contributed by atoms with Crippen LogP contribution in [0.3, 0.4) is 0 Å². The van der Waals surface area contributed by atoms with E-state index >= 15 is 0 Å². The van der Waals surface area contributed by atoms with Crippen LogP contribution >= 0.6 is 11.3 Å². The van der Waals surface area contributed by atoms with E-state index in [0.717, 1.165) is 25.7 Å². The summed E-state index contributed by atoms with van der Waals surface area (Å²) in [4.78, 5) is 24.9. The molecular formula is C18H19NO3S. The molecule has 0 bridgehead atoms. The van der Waals surface area contributed by atoms with Gasteiger partial charge in [-0.3, -0.25) is 4.79 Å². The van der Waals surface area contributed by atoms with Crippen molar-refractivity contribution in [2.75, 3.05) is 13.2 Å². The summed E-state index contributed by atoms with van der Waals surface area (Å²) in [5.41, 5.74) is 3.06. The lowest BCUT2D eigenvalue weighted by Crippen LogP contribution is -2.30. The Labute approximate surface area is 139 Å². The maximum Gasteiger partial charge on any atom is 0.338 e. The van der Waals surface area contributed by atoms with Gasteiger partial charge in [-0.05, 0) is 60.4 Å². The number of carbonyl (C=O) groups is 2. The molecule has 1 aliphatic carbocycles. The fourth-order valence-corrected chi connectivity index (χ4v) is 3.45. The number of ether oxygens (including phenoxy) is 1. The number of carbonyl (C=O) groups excluding carboxylic acids is 2. The quantitative estimate of drug-likeness (QED) is 0.829. The summed E-state index contributed by atoms with van der Waals surface area (Å²) >= 11 is 1.66. The molecule has 120 valence electrons. The molecule has 1 aliphatic rings. The Morgan fingerprint density at radius 3 is 2.87 bits per heavy atom. The van der Waals surface area contributed by atoms with E-state index in [-0.39, 0.29) is 12.5 Å². The Hall–Kier alpha value is -2.14. The van der Waals surface area contributed by atoms with Crippen LogP contribution < -0.4 is 5.32 Å². The molecule has 1 amide bonds. The number of rotatable bonds is 6. The van der Waals surface area contributed by atoms with Crippen molar-refractivity contribution in [1.82, 2.24) is 5.32 Å². The third-order valence-corrected chi connectivity index (χ3v) is 4.88. The smallest absolute Gasteiger partial charge is 0.338 e. The first-order chi connectivity index (χ1) is 11.2. The van der Waals surface area contributed by atoms with Crippen LogP contribution in [-0.4, -0.2) is 25.0 Å². The van der Waals surface area contributed by atoms with Crippen LogP contribution in [0.4, 0.5) is 0 Å². The minimum atomic E-state index is -0.437. The van der Waals surface area contributed by atoms with E-state index < -0.39 is 5.97 Å². The summed E-state index contributed by atoms with van der Waals surface area (Å²) in [6.07, 6.45) is 4.03. The van der Waals surface area contributed by atoms with E-state index in [0.29, 0.717) is 12.1 Å². The molecule has 0 atom stereocenters. The predicted molar refractivity (Wildman–Crippen MR) is 89.8 cm³/mol. The second-order valence-electron chi connectivity index (χ2n) is 5.59. The summed E-state index contributed by atoms with van der Waals surface area (Å²) in [5.74, 6) is -0.704. The van der Waals surface area contributed by atoms with Gasteiger partial charge in [-0.25, -0.2) is 4.79 Å². The van der Waals surface area contributed by atoms with Gasteiger partial charge in [-0.1, -0.05) is 12.1 Å². The van der Waals surface area contributed by atoms with E-state index in [4.69, 9.17) is 4.74 Å². The van der Waals surface area contributed by atoms with E-state index in [9.17, 15) is 9.59 Å². The Morgan fingerprint density at radius 1 is 1.17 bits per heavy atom. The topological polar surface area (TPSA) is 55.4 Å². The average molecular weight is 329 g/mol. The summed E-state index contributed by atoms with van der Waals surface area (Å²) in [6, 6.07) is 9.67. The Balaban J connectivity index is 1.42. The molecule has 2 aromatic rings. The minimum absolute atomic E-state index is 0.236. The molecule has 23 heavy (non-hydrogen) atoms. The Morgan fingerprint density at radius 2 is 2.04 bits per heavy atom. The highest BCUT2D eigenvalue weighted by Gasteiger charge is 2.15. The number of esters is 1. The predicted octanol–water partition coefficient (Wildman–Crippen LogP) is 2.75. The summed E-state index contributed by atoms with van der Waals surface area (Å²) < 4.78 is 5.09. The van der Waals surface area contributed by atoms with E-state index in [2.05, 4.69) is 5.32 Å². The van der Waals surface area contributed by atoms with Crippen LogP contribution in [0.25, 0.3) is 0 Å². The second-order valence-corrected chi connectivity index (χ2v) is 6.62. The molecule has 0 saturated carbocycles. The van der Waals surface area contributed by atoms with Crippen molar-refractivity contribution in [1.29, 1.82) is 0 Å². The van der Waals surface area contributed by atoms with Gasteiger partial charge in [-0.2, -0.15) is 0 Å². The largest absolute Gasteiger partial charge is 0.452 e. The highest BCUT2D eigenvalue weighted by molar-refractivity contribution is 7.09. The van der Waals surface area contributed by atoms with Crippen LogP contribution in [-0.2, 0) is 28.8 Å². The maximum absolute atomic E-state index is 12.0. The third kappa shape index (κ3) is 4.20. The molecule has 1 aromatic carbocycles. The summed E-state index contributed by atoms with van der Waals surface area (Å²) in [5, 5.41) is 4.77. The number of hydrogen-bond acceptors (Lipinski definition) is 4. The molecule has 0 spiro atoms. The number of nitrogens with one attached hydrogen (secondary N) is 1. The third-order valence-electron chi connectivity index (χ3n) is 3.94.